The number of hydrogen-bond acceptors (Lipinski definition) is 3. The summed E-state index contributed by atoms with van der Waals surface area (Å²) in [5.41, 5.74) is 0.740. The van der Waals surface area contributed by atoms with Crippen molar-refractivity contribution >= 4 is 46.3 Å². The van der Waals surface area contributed by atoms with Crippen LogP contribution in [0.1, 0.15) is 4.88 Å². The van der Waals surface area contributed by atoms with Gasteiger partial charge >= 0.3 is 0 Å². The zero-order valence-electron chi connectivity index (χ0n) is 9.56. The van der Waals surface area contributed by atoms with E-state index >= 15 is 0 Å². The molecule has 0 atom stereocenters. The first kappa shape index (κ1) is 13.5. The van der Waals surface area contributed by atoms with E-state index in [0.29, 0.717) is 10.8 Å². The zero-order chi connectivity index (χ0) is 12.8. The van der Waals surface area contributed by atoms with Gasteiger partial charge in [0.25, 0.3) is 0 Å². The summed E-state index contributed by atoms with van der Waals surface area (Å²) >= 11 is 9.16. The quantitative estimate of drug-likeness (QED) is 0.893. The summed E-state index contributed by atoms with van der Waals surface area (Å²) in [5.74, 6) is 1.32. The van der Waals surface area contributed by atoms with Crippen LogP contribution in [0.15, 0.2) is 41.8 Å². The highest BCUT2D eigenvalue weighted by atomic mass is 35.5. The van der Waals surface area contributed by atoms with Crippen molar-refractivity contribution in [2.45, 2.75) is 5.75 Å². The lowest BCUT2D eigenvalue weighted by molar-refractivity contribution is -0.113. The highest BCUT2D eigenvalue weighted by Crippen LogP contribution is 2.18. The van der Waals surface area contributed by atoms with Crippen LogP contribution >= 0.6 is 34.7 Å². The van der Waals surface area contributed by atoms with Crippen LogP contribution in [0.4, 0.5) is 5.69 Å². The molecule has 1 aromatic heterocycles. The Morgan fingerprint density at radius 1 is 1.33 bits per heavy atom. The Balaban J connectivity index is 1.75. The molecule has 2 aromatic rings. The number of carbonyl (C=O) groups is 1. The first-order valence-electron chi connectivity index (χ1n) is 5.39. The maximum atomic E-state index is 11.7. The Morgan fingerprint density at radius 3 is 2.94 bits per heavy atom. The summed E-state index contributed by atoms with van der Waals surface area (Å²) in [6.45, 7) is 0. The first-order valence-corrected chi connectivity index (χ1v) is 7.81. The number of nitrogens with one attached hydrogen (secondary N) is 1. The molecular weight excluding hydrogens is 286 g/mol. The first-order chi connectivity index (χ1) is 8.74. The van der Waals surface area contributed by atoms with Crippen LogP contribution < -0.4 is 5.32 Å². The van der Waals surface area contributed by atoms with Crippen molar-refractivity contribution in [3.8, 4) is 0 Å². The van der Waals surface area contributed by atoms with Crippen molar-refractivity contribution in [3.05, 3.63) is 51.7 Å². The predicted octanol–water partition coefficient (Wildman–Crippen LogP) is 4.27. The number of halogens is 1. The van der Waals surface area contributed by atoms with Gasteiger partial charge in [-0.15, -0.1) is 23.1 Å². The number of benzene rings is 1. The molecule has 18 heavy (non-hydrogen) atoms. The van der Waals surface area contributed by atoms with E-state index in [-0.39, 0.29) is 5.91 Å². The Labute approximate surface area is 119 Å². The van der Waals surface area contributed by atoms with Gasteiger partial charge in [-0.1, -0.05) is 23.7 Å². The van der Waals surface area contributed by atoms with E-state index in [4.69, 9.17) is 11.6 Å². The third kappa shape index (κ3) is 4.37. The minimum absolute atomic E-state index is 0.00109. The molecular formula is C13H12ClNOS2. The van der Waals surface area contributed by atoms with E-state index in [9.17, 15) is 4.79 Å². The van der Waals surface area contributed by atoms with Gasteiger partial charge in [-0.05, 0) is 29.6 Å². The van der Waals surface area contributed by atoms with E-state index in [2.05, 4.69) is 11.4 Å². The molecule has 0 aliphatic rings. The van der Waals surface area contributed by atoms with Gasteiger partial charge in [-0.25, -0.2) is 0 Å². The highest BCUT2D eigenvalue weighted by Gasteiger charge is 2.03. The fourth-order valence-corrected chi connectivity index (χ4v) is 3.26. The number of amides is 1. The zero-order valence-corrected chi connectivity index (χ0v) is 11.9. The molecule has 1 aromatic carbocycles. The van der Waals surface area contributed by atoms with E-state index in [1.807, 2.05) is 23.6 Å². The van der Waals surface area contributed by atoms with Crippen LogP contribution in [-0.4, -0.2) is 11.7 Å². The monoisotopic (exact) mass is 297 g/mol. The Kier molecular flexibility index (Phi) is 5.11. The molecule has 0 radical (unpaired) electrons. The third-order valence-corrected chi connectivity index (χ3v) is 4.44. The summed E-state index contributed by atoms with van der Waals surface area (Å²) in [7, 11) is 0. The molecule has 0 fully saturated rings. The standard InChI is InChI=1S/C13H12ClNOS2/c14-10-3-1-4-11(7-10)15-13(16)9-17-8-12-5-2-6-18-12/h1-7H,8-9H2,(H,15,16). The normalized spacial score (nSPS) is 10.3. The van der Waals surface area contributed by atoms with Crippen LogP contribution in [0, 0.1) is 0 Å². The molecule has 0 bridgehead atoms. The maximum absolute atomic E-state index is 11.7. The second-order valence-corrected chi connectivity index (χ2v) is 6.08. The molecule has 94 valence electrons. The molecule has 1 heterocycles. The van der Waals surface area contributed by atoms with Crippen LogP contribution in [-0.2, 0) is 10.5 Å². The van der Waals surface area contributed by atoms with Gasteiger partial charge < -0.3 is 5.32 Å². The highest BCUT2D eigenvalue weighted by molar-refractivity contribution is 7.99. The summed E-state index contributed by atoms with van der Waals surface area (Å²) < 4.78 is 0. The van der Waals surface area contributed by atoms with Gasteiger partial charge in [0.1, 0.15) is 0 Å². The molecule has 2 nitrogen and oxygen atoms in total. The van der Waals surface area contributed by atoms with E-state index < -0.39 is 0 Å². The molecule has 1 amide bonds. The Hall–Kier alpha value is -0.970. The third-order valence-electron chi connectivity index (χ3n) is 2.17. The van der Waals surface area contributed by atoms with Gasteiger partial charge in [-0.2, -0.15) is 0 Å². The Morgan fingerprint density at radius 2 is 2.22 bits per heavy atom. The molecule has 0 saturated carbocycles. The van der Waals surface area contributed by atoms with Crippen LogP contribution in [0.25, 0.3) is 0 Å². The van der Waals surface area contributed by atoms with E-state index in [1.165, 1.54) is 4.88 Å². The molecule has 0 aliphatic heterocycles. The molecule has 0 unspecified atom stereocenters. The van der Waals surface area contributed by atoms with Crippen molar-refractivity contribution in [2.24, 2.45) is 0 Å². The fraction of sp³-hybridized carbons (Fsp3) is 0.154. The second kappa shape index (κ2) is 6.83. The van der Waals surface area contributed by atoms with E-state index in [1.54, 1.807) is 35.2 Å². The van der Waals surface area contributed by atoms with Crippen molar-refractivity contribution in [1.29, 1.82) is 0 Å². The summed E-state index contributed by atoms with van der Waals surface area (Å²) in [5, 5.41) is 5.49. The van der Waals surface area contributed by atoms with Crippen molar-refractivity contribution in [2.75, 3.05) is 11.1 Å². The number of carbonyl (C=O) groups excluding carboxylic acids is 1. The number of anilines is 1. The molecule has 2 rings (SSSR count). The average Bonchev–Trinajstić information content (AvgIpc) is 2.82. The van der Waals surface area contributed by atoms with Gasteiger partial charge in [-0.3, -0.25) is 4.79 Å². The Bertz CT molecular complexity index is 513. The van der Waals surface area contributed by atoms with E-state index in [0.717, 1.165) is 11.4 Å². The molecule has 0 spiro atoms. The van der Waals surface area contributed by atoms with Gasteiger partial charge in [0, 0.05) is 21.3 Å². The molecule has 5 heteroatoms. The van der Waals surface area contributed by atoms with Crippen LogP contribution in [0.5, 0.6) is 0 Å². The van der Waals surface area contributed by atoms with Crippen LogP contribution in [0.3, 0.4) is 0 Å². The van der Waals surface area contributed by atoms with Crippen molar-refractivity contribution in [1.82, 2.24) is 0 Å². The molecule has 0 saturated heterocycles. The fourth-order valence-electron chi connectivity index (χ4n) is 1.40. The second-order valence-electron chi connectivity index (χ2n) is 3.63. The predicted molar refractivity (Wildman–Crippen MR) is 80.6 cm³/mol. The number of hydrogen-bond donors (Lipinski definition) is 1. The summed E-state index contributed by atoms with van der Waals surface area (Å²) in [4.78, 5) is 13.0. The summed E-state index contributed by atoms with van der Waals surface area (Å²) in [6, 6.07) is 11.3. The lowest BCUT2D eigenvalue weighted by Crippen LogP contribution is -2.13. The van der Waals surface area contributed by atoms with Gasteiger partial charge in [0.15, 0.2) is 0 Å². The van der Waals surface area contributed by atoms with Crippen molar-refractivity contribution in [3.63, 3.8) is 0 Å². The minimum atomic E-state index is -0.00109. The lowest BCUT2D eigenvalue weighted by Gasteiger charge is -2.04. The van der Waals surface area contributed by atoms with Crippen molar-refractivity contribution < 1.29 is 4.79 Å². The smallest absolute Gasteiger partial charge is 0.234 e. The molecule has 1 N–H and O–H groups in total. The van der Waals surface area contributed by atoms with Crippen LogP contribution in [0.2, 0.25) is 5.02 Å². The largest absolute Gasteiger partial charge is 0.325 e. The lowest BCUT2D eigenvalue weighted by atomic mass is 10.3. The number of thiophene rings is 1. The topological polar surface area (TPSA) is 29.1 Å². The average molecular weight is 298 g/mol. The van der Waals surface area contributed by atoms with Gasteiger partial charge in [0.2, 0.25) is 5.91 Å². The number of thioether (sulfide) groups is 1. The number of rotatable bonds is 5. The summed E-state index contributed by atoms with van der Waals surface area (Å²) in [6.07, 6.45) is 0. The van der Waals surface area contributed by atoms with Gasteiger partial charge in [0.05, 0.1) is 5.75 Å². The minimum Gasteiger partial charge on any atom is -0.325 e. The SMILES string of the molecule is O=C(CSCc1cccs1)Nc1cccc(Cl)c1. The maximum Gasteiger partial charge on any atom is 0.234 e. The molecule has 0 aliphatic carbocycles.